The predicted octanol–water partition coefficient (Wildman–Crippen LogP) is 7.66. The maximum atomic E-state index is 14.6. The lowest BCUT2D eigenvalue weighted by Gasteiger charge is -2.30. The van der Waals surface area contributed by atoms with E-state index >= 15 is 0 Å². The zero-order valence-electron chi connectivity index (χ0n) is 31.1. The van der Waals surface area contributed by atoms with Crippen LogP contribution in [-0.4, -0.2) is 82.7 Å². The molecule has 0 saturated heterocycles. The molecule has 0 unspecified atom stereocenters. The first-order chi connectivity index (χ1) is 25.9. The lowest BCUT2D eigenvalue weighted by atomic mass is 9.98. The quantitative estimate of drug-likeness (QED) is 0.147. The third-order valence-corrected chi connectivity index (χ3v) is 13.1. The molecule has 1 aromatic heterocycles. The SMILES string of the molecule is CCCCN(CCCC)C(=O)c1nn(-c2ccc(C(=O)N(CC)S(=O)(=O)c3cc(Br)c4c(c3)CCN4)cc2C(=O)N2CCc3ccccc3C2)c(C)c1Cl. The van der Waals surface area contributed by atoms with Crippen molar-refractivity contribution in [3.05, 3.63) is 103 Å². The van der Waals surface area contributed by atoms with Crippen molar-refractivity contribution in [2.75, 3.05) is 38.0 Å². The van der Waals surface area contributed by atoms with Gasteiger partial charge >= 0.3 is 0 Å². The van der Waals surface area contributed by atoms with Gasteiger partial charge in [-0.25, -0.2) is 17.4 Å². The maximum Gasteiger partial charge on any atom is 0.275 e. The third kappa shape index (κ3) is 7.67. The lowest BCUT2D eigenvalue weighted by Crippen LogP contribution is -2.38. The number of rotatable bonds is 13. The van der Waals surface area contributed by atoms with Crippen LogP contribution in [0.5, 0.6) is 0 Å². The Bertz CT molecular complexity index is 2200. The fraction of sp³-hybridized carbons (Fsp3) is 0.400. The summed E-state index contributed by atoms with van der Waals surface area (Å²) >= 11 is 10.3. The number of carbonyl (C=O) groups is 3. The predicted molar refractivity (Wildman–Crippen MR) is 214 cm³/mol. The van der Waals surface area contributed by atoms with Gasteiger partial charge in [-0.05, 0) is 102 Å². The fourth-order valence-corrected chi connectivity index (χ4v) is 9.55. The molecule has 3 amide bonds. The minimum atomic E-state index is -4.28. The number of anilines is 1. The first-order valence-corrected chi connectivity index (χ1v) is 21.2. The highest BCUT2D eigenvalue weighted by Gasteiger charge is 2.33. The van der Waals surface area contributed by atoms with Crippen LogP contribution in [0.15, 0.2) is 64.0 Å². The van der Waals surface area contributed by atoms with Crippen molar-refractivity contribution >= 4 is 61.0 Å². The summed E-state index contributed by atoms with van der Waals surface area (Å²) in [6, 6.07) is 15.6. The summed E-state index contributed by atoms with van der Waals surface area (Å²) in [4.78, 5) is 46.2. The minimum absolute atomic E-state index is 0.00199. The number of nitrogens with one attached hydrogen (secondary N) is 1. The van der Waals surface area contributed by atoms with Crippen LogP contribution in [0.1, 0.15) is 100 Å². The zero-order valence-corrected chi connectivity index (χ0v) is 34.3. The number of amides is 3. The van der Waals surface area contributed by atoms with Gasteiger partial charge in [0.25, 0.3) is 27.7 Å². The molecule has 0 atom stereocenters. The molecule has 6 rings (SSSR count). The second-order valence-corrected chi connectivity index (χ2v) is 16.8. The molecular formula is C40H46BrClN6O5S. The van der Waals surface area contributed by atoms with Crippen LogP contribution in [0.25, 0.3) is 5.69 Å². The van der Waals surface area contributed by atoms with Gasteiger partial charge in [0, 0.05) is 49.3 Å². The van der Waals surface area contributed by atoms with Crippen LogP contribution in [0.3, 0.4) is 0 Å². The molecule has 0 bridgehead atoms. The standard InChI is InChI=1S/C40H46BrClN6O5S/c1-5-8-19-45(20-9-6-2)40(51)37-35(42)26(4)48(44-37)34-15-14-29(23-32(34)39(50)46-21-17-27-12-10-11-13-30(27)25-46)38(49)47(7-3)54(52,53)31-22-28-16-18-43-36(28)33(41)24-31/h10-15,22-24,43H,5-9,16-21,25H2,1-4H3. The second-order valence-electron chi connectivity index (χ2n) is 13.7. The lowest BCUT2D eigenvalue weighted by molar-refractivity contribution is 0.0732. The third-order valence-electron chi connectivity index (χ3n) is 10.2. The summed E-state index contributed by atoms with van der Waals surface area (Å²) < 4.78 is 31.0. The average molecular weight is 838 g/mol. The first-order valence-electron chi connectivity index (χ1n) is 18.6. The van der Waals surface area contributed by atoms with Gasteiger partial charge in [0.1, 0.15) is 0 Å². The Hall–Kier alpha value is -4.20. The van der Waals surface area contributed by atoms with Gasteiger partial charge in [-0.15, -0.1) is 0 Å². The molecule has 4 aromatic rings. The second kappa shape index (κ2) is 16.7. The summed E-state index contributed by atoms with van der Waals surface area (Å²) in [5, 5.41) is 8.14. The van der Waals surface area contributed by atoms with E-state index in [0.717, 1.165) is 52.4 Å². The van der Waals surface area contributed by atoms with E-state index in [2.05, 4.69) is 41.2 Å². The molecule has 0 fully saturated rings. The van der Waals surface area contributed by atoms with Crippen LogP contribution in [0.4, 0.5) is 5.69 Å². The number of nitrogens with zero attached hydrogens (tertiary/aromatic N) is 5. The molecule has 1 N–H and O–H groups in total. The molecule has 2 aliphatic heterocycles. The van der Waals surface area contributed by atoms with E-state index in [9.17, 15) is 22.8 Å². The molecular weight excluding hydrogens is 792 g/mol. The number of fused-ring (bicyclic) bond motifs is 2. The molecule has 0 radical (unpaired) electrons. The number of unbranched alkanes of at least 4 members (excludes halogenated alkanes) is 2. The summed E-state index contributed by atoms with van der Waals surface area (Å²) in [5.74, 6) is -1.42. The Kier molecular flexibility index (Phi) is 12.2. The number of benzene rings is 3. The Morgan fingerprint density at radius 1 is 0.926 bits per heavy atom. The molecule has 0 spiro atoms. The van der Waals surface area contributed by atoms with Gasteiger partial charge in [0.05, 0.1) is 32.6 Å². The van der Waals surface area contributed by atoms with Crippen molar-refractivity contribution in [1.82, 2.24) is 23.9 Å². The number of aromatic nitrogens is 2. The number of hydrogen-bond acceptors (Lipinski definition) is 7. The minimum Gasteiger partial charge on any atom is -0.384 e. The van der Waals surface area contributed by atoms with Crippen LogP contribution in [0, 0.1) is 6.92 Å². The summed E-state index contributed by atoms with van der Waals surface area (Å²) in [6.45, 7) is 9.98. The molecule has 11 nitrogen and oxygen atoms in total. The van der Waals surface area contributed by atoms with Crippen LogP contribution in [0.2, 0.25) is 5.02 Å². The molecule has 0 aliphatic carbocycles. The zero-order chi connectivity index (χ0) is 38.7. The van der Waals surface area contributed by atoms with E-state index in [-0.39, 0.29) is 45.1 Å². The van der Waals surface area contributed by atoms with Crippen LogP contribution in [-0.2, 0) is 29.4 Å². The highest BCUT2D eigenvalue weighted by atomic mass is 79.9. The molecule has 3 heterocycles. The van der Waals surface area contributed by atoms with E-state index in [1.165, 1.54) is 22.9 Å². The van der Waals surface area contributed by atoms with E-state index in [1.54, 1.807) is 35.8 Å². The van der Waals surface area contributed by atoms with Crippen molar-refractivity contribution in [2.45, 2.75) is 77.7 Å². The van der Waals surface area contributed by atoms with Crippen molar-refractivity contribution < 1.29 is 22.8 Å². The van der Waals surface area contributed by atoms with E-state index in [1.807, 2.05) is 18.2 Å². The topological polar surface area (TPSA) is 125 Å². The Morgan fingerprint density at radius 3 is 2.31 bits per heavy atom. The normalized spacial score (nSPS) is 13.6. The largest absolute Gasteiger partial charge is 0.384 e. The van der Waals surface area contributed by atoms with Gasteiger partial charge in [0.15, 0.2) is 5.69 Å². The van der Waals surface area contributed by atoms with Gasteiger partial charge in [0.2, 0.25) is 0 Å². The van der Waals surface area contributed by atoms with E-state index < -0.39 is 15.9 Å². The first kappa shape index (κ1) is 39.5. The number of carbonyl (C=O) groups excluding carboxylic acids is 3. The Morgan fingerprint density at radius 2 is 1.63 bits per heavy atom. The van der Waals surface area contributed by atoms with E-state index in [0.29, 0.717) is 61.4 Å². The Balaban J connectivity index is 1.42. The van der Waals surface area contributed by atoms with Gasteiger partial charge in [-0.3, -0.25) is 14.4 Å². The Labute approximate surface area is 330 Å². The summed E-state index contributed by atoms with van der Waals surface area (Å²) in [6.07, 6.45) is 4.84. The summed E-state index contributed by atoms with van der Waals surface area (Å²) in [5.41, 5.74) is 4.89. The summed E-state index contributed by atoms with van der Waals surface area (Å²) in [7, 11) is -4.28. The van der Waals surface area contributed by atoms with Crippen molar-refractivity contribution in [3.63, 3.8) is 0 Å². The van der Waals surface area contributed by atoms with Crippen molar-refractivity contribution in [2.24, 2.45) is 0 Å². The van der Waals surface area contributed by atoms with Gasteiger partial charge in [-0.2, -0.15) is 5.10 Å². The molecule has 0 saturated carbocycles. The number of hydrogen-bond donors (Lipinski definition) is 1. The maximum absolute atomic E-state index is 14.6. The fourth-order valence-electron chi connectivity index (χ4n) is 7.08. The van der Waals surface area contributed by atoms with Crippen LogP contribution >= 0.6 is 27.5 Å². The monoisotopic (exact) mass is 836 g/mol. The van der Waals surface area contributed by atoms with Crippen molar-refractivity contribution in [1.29, 1.82) is 0 Å². The average Bonchev–Trinajstić information content (AvgIpc) is 3.78. The number of sulfonamides is 1. The molecule has 286 valence electrons. The van der Waals surface area contributed by atoms with Crippen LogP contribution < -0.4 is 5.32 Å². The van der Waals surface area contributed by atoms with Crippen molar-refractivity contribution in [3.8, 4) is 5.69 Å². The molecule has 3 aromatic carbocycles. The molecule has 14 heteroatoms. The van der Waals surface area contributed by atoms with Gasteiger partial charge in [-0.1, -0.05) is 62.6 Å². The van der Waals surface area contributed by atoms with Gasteiger partial charge < -0.3 is 15.1 Å². The molecule has 54 heavy (non-hydrogen) atoms. The smallest absolute Gasteiger partial charge is 0.275 e. The molecule has 2 aliphatic rings. The highest BCUT2D eigenvalue weighted by Crippen LogP contribution is 2.35. The number of halogens is 2. The van der Waals surface area contributed by atoms with E-state index in [4.69, 9.17) is 16.7 Å². The highest BCUT2D eigenvalue weighted by molar-refractivity contribution is 9.10.